The van der Waals surface area contributed by atoms with Gasteiger partial charge in [0.25, 0.3) is 11.8 Å². The fourth-order valence-electron chi connectivity index (χ4n) is 1.91. The Bertz CT molecular complexity index is 945. The van der Waals surface area contributed by atoms with E-state index in [0.29, 0.717) is 0 Å². The Morgan fingerprint density at radius 2 is 1.86 bits per heavy atom. The Kier molecular flexibility index (Phi) is 6.88. The number of nitrogens with zero attached hydrogens (tertiary/aromatic N) is 1. The van der Waals surface area contributed by atoms with E-state index >= 15 is 0 Å². The van der Waals surface area contributed by atoms with E-state index in [1.54, 1.807) is 6.92 Å². The number of alkyl carbamates (subject to hydrolysis) is 1. The number of ether oxygens (including phenoxy) is 1. The maximum atomic E-state index is 12.4. The van der Waals surface area contributed by atoms with Crippen molar-refractivity contribution in [3.63, 3.8) is 0 Å². The highest BCUT2D eigenvalue weighted by molar-refractivity contribution is 7.14. The lowest BCUT2D eigenvalue weighted by Crippen LogP contribution is -2.31. The van der Waals surface area contributed by atoms with E-state index in [2.05, 4.69) is 15.0 Å². The Morgan fingerprint density at radius 1 is 1.14 bits per heavy atom. The molecule has 0 radical (unpaired) electrons. The second-order valence-electron chi connectivity index (χ2n) is 5.17. The van der Waals surface area contributed by atoms with Crippen LogP contribution in [0.4, 0.5) is 28.8 Å². The standard InChI is InChI=1S/C16H13F3N4O5S/c1-2-28-15(27)23-12(25)9-4-6-29-13(9)22-11(24)8-3-5-20-10(7-8)21-14(26)16(17,18)19/h3-7H,2H2,1H3,(H,22,24)(H,20,21,26)(H,23,25,27). The minimum atomic E-state index is -5.11. The van der Waals surface area contributed by atoms with Crippen molar-refractivity contribution < 1.29 is 37.1 Å². The molecule has 154 valence electrons. The predicted octanol–water partition coefficient (Wildman–Crippen LogP) is 2.78. The summed E-state index contributed by atoms with van der Waals surface area (Å²) in [5, 5.41) is 7.49. The van der Waals surface area contributed by atoms with E-state index < -0.39 is 35.8 Å². The number of carbonyl (C=O) groups excluding carboxylic acids is 4. The third-order valence-electron chi connectivity index (χ3n) is 3.15. The average Bonchev–Trinajstić information content (AvgIpc) is 3.09. The topological polar surface area (TPSA) is 126 Å². The molecule has 2 rings (SSSR count). The summed E-state index contributed by atoms with van der Waals surface area (Å²) in [5.74, 6) is -4.31. The molecule has 2 aromatic heterocycles. The molecule has 0 unspecified atom stereocenters. The first-order valence-corrected chi connectivity index (χ1v) is 8.71. The largest absolute Gasteiger partial charge is 0.471 e. The van der Waals surface area contributed by atoms with Crippen molar-refractivity contribution in [3.05, 3.63) is 40.9 Å². The van der Waals surface area contributed by atoms with Crippen LogP contribution < -0.4 is 16.0 Å². The van der Waals surface area contributed by atoms with Crippen molar-refractivity contribution in [2.45, 2.75) is 13.1 Å². The number of rotatable bonds is 5. The molecule has 0 aliphatic heterocycles. The van der Waals surface area contributed by atoms with Crippen molar-refractivity contribution >= 4 is 46.0 Å². The molecular weight excluding hydrogens is 417 g/mol. The minimum absolute atomic E-state index is 0.0175. The van der Waals surface area contributed by atoms with Crippen LogP contribution in [0.5, 0.6) is 0 Å². The summed E-state index contributed by atoms with van der Waals surface area (Å²) >= 11 is 0.981. The minimum Gasteiger partial charge on any atom is -0.450 e. The smallest absolute Gasteiger partial charge is 0.450 e. The number of nitrogens with one attached hydrogen (secondary N) is 3. The third kappa shape index (κ3) is 6.00. The number of amides is 4. The van der Waals surface area contributed by atoms with Crippen molar-refractivity contribution in [3.8, 4) is 0 Å². The highest BCUT2D eigenvalue weighted by Gasteiger charge is 2.39. The van der Waals surface area contributed by atoms with Crippen LogP contribution in [0.15, 0.2) is 29.8 Å². The SMILES string of the molecule is CCOC(=O)NC(=O)c1ccsc1NC(=O)c1ccnc(NC(=O)C(F)(F)F)c1. The maximum Gasteiger partial charge on any atom is 0.471 e. The molecule has 2 aromatic rings. The number of carbonyl (C=O) groups is 4. The van der Waals surface area contributed by atoms with Crippen molar-refractivity contribution in [2.75, 3.05) is 17.2 Å². The van der Waals surface area contributed by atoms with E-state index in [4.69, 9.17) is 0 Å². The van der Waals surface area contributed by atoms with Gasteiger partial charge in [-0.2, -0.15) is 13.2 Å². The molecular formula is C16H13F3N4O5S. The Hall–Kier alpha value is -3.48. The van der Waals surface area contributed by atoms with Crippen LogP contribution in [0.3, 0.4) is 0 Å². The second kappa shape index (κ2) is 9.14. The number of pyridine rings is 1. The first-order chi connectivity index (χ1) is 13.6. The Balaban J connectivity index is 2.11. The van der Waals surface area contributed by atoms with Crippen molar-refractivity contribution in [1.29, 1.82) is 0 Å². The number of aromatic nitrogens is 1. The molecule has 0 spiro atoms. The fourth-order valence-corrected chi connectivity index (χ4v) is 2.69. The zero-order valence-electron chi connectivity index (χ0n) is 14.6. The molecule has 0 aliphatic carbocycles. The van der Waals surface area contributed by atoms with Gasteiger partial charge < -0.3 is 15.4 Å². The highest BCUT2D eigenvalue weighted by atomic mass is 32.1. The lowest BCUT2D eigenvalue weighted by Gasteiger charge is -2.09. The van der Waals surface area contributed by atoms with E-state index in [-0.39, 0.29) is 22.7 Å². The number of thiophene rings is 1. The molecule has 0 saturated carbocycles. The van der Waals surface area contributed by atoms with Crippen LogP contribution in [-0.2, 0) is 9.53 Å². The molecule has 0 aliphatic rings. The summed E-state index contributed by atoms with van der Waals surface area (Å²) in [6.45, 7) is 1.61. The molecule has 0 atom stereocenters. The summed E-state index contributed by atoms with van der Waals surface area (Å²) in [7, 11) is 0. The third-order valence-corrected chi connectivity index (χ3v) is 3.98. The van der Waals surface area contributed by atoms with Gasteiger partial charge in [0.2, 0.25) is 0 Å². The number of hydrogen-bond acceptors (Lipinski definition) is 7. The van der Waals surface area contributed by atoms with Crippen LogP contribution in [0.2, 0.25) is 0 Å². The lowest BCUT2D eigenvalue weighted by atomic mass is 10.2. The van der Waals surface area contributed by atoms with Gasteiger partial charge in [-0.15, -0.1) is 11.3 Å². The molecule has 4 amide bonds. The molecule has 0 aromatic carbocycles. The van der Waals surface area contributed by atoms with Crippen LogP contribution >= 0.6 is 11.3 Å². The number of halogens is 3. The van der Waals surface area contributed by atoms with Gasteiger partial charge in [-0.25, -0.2) is 9.78 Å². The molecule has 29 heavy (non-hydrogen) atoms. The van der Waals surface area contributed by atoms with E-state index in [1.807, 2.05) is 5.32 Å². The normalized spacial score (nSPS) is 10.8. The van der Waals surface area contributed by atoms with Gasteiger partial charge in [-0.1, -0.05) is 0 Å². The van der Waals surface area contributed by atoms with E-state index in [0.717, 1.165) is 23.6 Å². The zero-order valence-corrected chi connectivity index (χ0v) is 15.4. The maximum absolute atomic E-state index is 12.4. The number of hydrogen-bond donors (Lipinski definition) is 3. The summed E-state index contributed by atoms with van der Waals surface area (Å²) in [6, 6.07) is 3.49. The quantitative estimate of drug-likeness (QED) is 0.670. The van der Waals surface area contributed by atoms with E-state index in [9.17, 15) is 32.3 Å². The monoisotopic (exact) mass is 430 g/mol. The molecule has 13 heteroatoms. The summed E-state index contributed by atoms with van der Waals surface area (Å²) in [6.07, 6.45) is -5.04. The summed E-state index contributed by atoms with van der Waals surface area (Å²) in [4.78, 5) is 50.3. The molecule has 0 fully saturated rings. The molecule has 0 saturated heterocycles. The van der Waals surface area contributed by atoms with Gasteiger partial charge in [0.15, 0.2) is 0 Å². The van der Waals surface area contributed by atoms with Gasteiger partial charge in [0.1, 0.15) is 10.8 Å². The summed E-state index contributed by atoms with van der Waals surface area (Å²) < 4.78 is 41.5. The van der Waals surface area contributed by atoms with E-state index in [1.165, 1.54) is 22.8 Å². The average molecular weight is 430 g/mol. The van der Waals surface area contributed by atoms with Crippen molar-refractivity contribution in [2.24, 2.45) is 0 Å². The summed E-state index contributed by atoms with van der Waals surface area (Å²) in [5.41, 5.74) is -0.140. The molecule has 2 heterocycles. The highest BCUT2D eigenvalue weighted by Crippen LogP contribution is 2.24. The van der Waals surface area contributed by atoms with Gasteiger partial charge in [-0.05, 0) is 30.5 Å². The van der Waals surface area contributed by atoms with Gasteiger partial charge in [0, 0.05) is 11.8 Å². The number of anilines is 2. The molecule has 0 bridgehead atoms. The van der Waals surface area contributed by atoms with Crippen LogP contribution in [0.1, 0.15) is 27.6 Å². The van der Waals surface area contributed by atoms with Gasteiger partial charge in [-0.3, -0.25) is 19.7 Å². The van der Waals surface area contributed by atoms with Crippen LogP contribution in [0.25, 0.3) is 0 Å². The molecule has 3 N–H and O–H groups in total. The van der Waals surface area contributed by atoms with Crippen molar-refractivity contribution in [1.82, 2.24) is 10.3 Å². The number of alkyl halides is 3. The molecule has 9 nitrogen and oxygen atoms in total. The second-order valence-corrected chi connectivity index (χ2v) is 6.09. The lowest BCUT2D eigenvalue weighted by molar-refractivity contribution is -0.167. The first kappa shape index (κ1) is 21.8. The fraction of sp³-hybridized carbons (Fsp3) is 0.188. The number of imide groups is 1. The van der Waals surface area contributed by atoms with Gasteiger partial charge in [0.05, 0.1) is 12.2 Å². The predicted molar refractivity (Wildman–Crippen MR) is 95.7 cm³/mol. The van der Waals surface area contributed by atoms with Gasteiger partial charge >= 0.3 is 18.2 Å². The zero-order chi connectivity index (χ0) is 21.6. The Labute approximate surface area is 165 Å². The van der Waals surface area contributed by atoms with Crippen LogP contribution in [0, 0.1) is 0 Å². The first-order valence-electron chi connectivity index (χ1n) is 7.83. The Morgan fingerprint density at radius 3 is 2.52 bits per heavy atom. The van der Waals surface area contributed by atoms with Crippen LogP contribution in [-0.4, -0.2) is 41.6 Å².